The van der Waals surface area contributed by atoms with Crippen molar-refractivity contribution >= 4 is 21.8 Å². The third kappa shape index (κ3) is 4.65. The van der Waals surface area contributed by atoms with E-state index in [0.29, 0.717) is 36.5 Å². The maximum absolute atomic E-state index is 13.0. The van der Waals surface area contributed by atoms with Crippen LogP contribution in [-0.4, -0.2) is 72.4 Å². The molecule has 2 amide bonds. The maximum atomic E-state index is 13.0. The molecule has 1 aromatic carbocycles. The highest BCUT2D eigenvalue weighted by molar-refractivity contribution is 7.89. The van der Waals surface area contributed by atoms with Gasteiger partial charge in [0.05, 0.1) is 17.9 Å². The van der Waals surface area contributed by atoms with E-state index in [-0.39, 0.29) is 36.3 Å². The van der Waals surface area contributed by atoms with E-state index < -0.39 is 10.0 Å². The molecule has 0 saturated carbocycles. The summed E-state index contributed by atoms with van der Waals surface area (Å²) in [5.74, 6) is -0.548. The van der Waals surface area contributed by atoms with Gasteiger partial charge in [-0.1, -0.05) is 18.2 Å². The molecule has 3 rings (SSSR count). The third-order valence-electron chi connectivity index (χ3n) is 4.90. The highest BCUT2D eigenvalue weighted by Gasteiger charge is 2.31. The van der Waals surface area contributed by atoms with Gasteiger partial charge in [-0.15, -0.1) is 0 Å². The molecule has 1 saturated heterocycles. The van der Waals surface area contributed by atoms with Gasteiger partial charge < -0.3 is 10.2 Å². The van der Waals surface area contributed by atoms with Gasteiger partial charge in [-0.3, -0.25) is 14.7 Å². The van der Waals surface area contributed by atoms with Gasteiger partial charge in [0.1, 0.15) is 4.90 Å². The number of carbonyl (C=O) groups is 2. The summed E-state index contributed by atoms with van der Waals surface area (Å²) < 4.78 is 27.4. The highest BCUT2D eigenvalue weighted by atomic mass is 32.2. The predicted molar refractivity (Wildman–Crippen MR) is 107 cm³/mol. The van der Waals surface area contributed by atoms with Crippen molar-refractivity contribution < 1.29 is 18.0 Å². The number of sulfonamides is 1. The molecule has 0 bridgehead atoms. The summed E-state index contributed by atoms with van der Waals surface area (Å²) in [6.07, 6.45) is 0.521. The van der Waals surface area contributed by atoms with Gasteiger partial charge in [0.2, 0.25) is 15.9 Å². The lowest BCUT2D eigenvalue weighted by Gasteiger charge is -2.22. The molecule has 0 unspecified atom stereocenters. The van der Waals surface area contributed by atoms with Gasteiger partial charge in [0.25, 0.3) is 5.91 Å². The lowest BCUT2D eigenvalue weighted by Crippen LogP contribution is -2.42. The molecule has 1 fully saturated rings. The van der Waals surface area contributed by atoms with Gasteiger partial charge in [0, 0.05) is 31.7 Å². The van der Waals surface area contributed by atoms with Crippen LogP contribution in [0, 0.1) is 13.8 Å². The van der Waals surface area contributed by atoms with E-state index in [1.165, 1.54) is 4.31 Å². The van der Waals surface area contributed by atoms with Crippen LogP contribution in [0.15, 0.2) is 35.2 Å². The minimum Gasteiger partial charge on any atom is -0.343 e. The maximum Gasteiger partial charge on any atom is 0.251 e. The summed E-state index contributed by atoms with van der Waals surface area (Å²) in [6, 6.07) is 8.67. The van der Waals surface area contributed by atoms with Crippen LogP contribution in [0.25, 0.3) is 0 Å². The molecular weight excluding hydrogens is 394 g/mol. The van der Waals surface area contributed by atoms with Gasteiger partial charge in [0.15, 0.2) is 0 Å². The van der Waals surface area contributed by atoms with Gasteiger partial charge >= 0.3 is 0 Å². The Kier molecular flexibility index (Phi) is 6.33. The number of nitrogens with zero attached hydrogens (tertiary/aromatic N) is 3. The average Bonchev–Trinajstić information content (AvgIpc) is 2.91. The number of H-pyrrole nitrogens is 1. The molecule has 9 nitrogen and oxygen atoms in total. The summed E-state index contributed by atoms with van der Waals surface area (Å²) in [5, 5.41) is 9.30. The molecule has 2 aromatic rings. The fourth-order valence-corrected chi connectivity index (χ4v) is 5.19. The summed E-state index contributed by atoms with van der Waals surface area (Å²) in [4.78, 5) is 26.4. The number of nitrogens with one attached hydrogen (secondary N) is 2. The number of hydrogen-bond donors (Lipinski definition) is 2. The van der Waals surface area contributed by atoms with Crippen molar-refractivity contribution in [2.45, 2.75) is 25.2 Å². The van der Waals surface area contributed by atoms with E-state index in [0.717, 1.165) is 0 Å². The van der Waals surface area contributed by atoms with Crippen LogP contribution in [0.3, 0.4) is 0 Å². The number of hydrogen-bond acceptors (Lipinski definition) is 5. The standard InChI is InChI=1S/C19H25N5O4S/c1-14-18(15(2)22-21-14)29(27,28)24-10-6-9-23(11-12-24)17(25)13-20-19(26)16-7-4-3-5-8-16/h3-5,7-8H,6,9-13H2,1-2H3,(H,20,26)(H,21,22). The molecule has 2 heterocycles. The third-order valence-corrected chi connectivity index (χ3v) is 7.06. The van der Waals surface area contributed by atoms with E-state index in [1.54, 1.807) is 43.0 Å². The summed E-state index contributed by atoms with van der Waals surface area (Å²) in [5.41, 5.74) is 1.42. The summed E-state index contributed by atoms with van der Waals surface area (Å²) >= 11 is 0. The molecule has 29 heavy (non-hydrogen) atoms. The van der Waals surface area contributed by atoms with Crippen LogP contribution < -0.4 is 5.32 Å². The SMILES string of the molecule is Cc1n[nH]c(C)c1S(=O)(=O)N1CCCN(C(=O)CNC(=O)c2ccccc2)CC1. The largest absolute Gasteiger partial charge is 0.343 e. The molecular formula is C19H25N5O4S. The van der Waals surface area contributed by atoms with Crippen molar-refractivity contribution in [2.24, 2.45) is 0 Å². The van der Waals surface area contributed by atoms with Gasteiger partial charge in [-0.05, 0) is 32.4 Å². The Bertz CT molecular complexity index is 968. The molecule has 1 aliphatic rings. The number of aromatic amines is 1. The molecule has 10 heteroatoms. The Balaban J connectivity index is 1.59. The van der Waals surface area contributed by atoms with Crippen LogP contribution in [0.2, 0.25) is 0 Å². The lowest BCUT2D eigenvalue weighted by atomic mass is 10.2. The van der Waals surface area contributed by atoms with Crippen molar-refractivity contribution in [2.75, 3.05) is 32.7 Å². The van der Waals surface area contributed by atoms with Crippen molar-refractivity contribution in [1.82, 2.24) is 24.7 Å². The van der Waals surface area contributed by atoms with Crippen LogP contribution in [0.4, 0.5) is 0 Å². The Morgan fingerprint density at radius 2 is 1.83 bits per heavy atom. The number of carbonyl (C=O) groups excluding carboxylic acids is 2. The van der Waals surface area contributed by atoms with Crippen molar-refractivity contribution in [1.29, 1.82) is 0 Å². The van der Waals surface area contributed by atoms with Crippen LogP contribution in [0.1, 0.15) is 28.2 Å². The van der Waals surface area contributed by atoms with Crippen LogP contribution in [-0.2, 0) is 14.8 Å². The number of amides is 2. The monoisotopic (exact) mass is 419 g/mol. The molecule has 0 spiro atoms. The first kappa shape index (κ1) is 21.0. The zero-order valence-electron chi connectivity index (χ0n) is 16.5. The Hall–Kier alpha value is -2.72. The van der Waals surface area contributed by atoms with E-state index in [9.17, 15) is 18.0 Å². The van der Waals surface area contributed by atoms with Crippen molar-refractivity contribution in [3.63, 3.8) is 0 Å². The first-order valence-electron chi connectivity index (χ1n) is 9.43. The molecule has 156 valence electrons. The Morgan fingerprint density at radius 1 is 1.10 bits per heavy atom. The van der Waals surface area contributed by atoms with Crippen LogP contribution >= 0.6 is 0 Å². The molecule has 1 aromatic heterocycles. The molecule has 1 aliphatic heterocycles. The quantitative estimate of drug-likeness (QED) is 0.739. The second-order valence-electron chi connectivity index (χ2n) is 6.95. The fourth-order valence-electron chi connectivity index (χ4n) is 3.39. The van der Waals surface area contributed by atoms with Crippen LogP contribution in [0.5, 0.6) is 0 Å². The zero-order valence-corrected chi connectivity index (χ0v) is 17.3. The Morgan fingerprint density at radius 3 is 2.48 bits per heavy atom. The number of benzene rings is 1. The van der Waals surface area contributed by atoms with Crippen molar-refractivity contribution in [3.8, 4) is 0 Å². The highest BCUT2D eigenvalue weighted by Crippen LogP contribution is 2.22. The smallest absolute Gasteiger partial charge is 0.251 e. The number of aryl methyl sites for hydroxylation is 2. The number of rotatable bonds is 5. The molecule has 2 N–H and O–H groups in total. The topological polar surface area (TPSA) is 115 Å². The minimum atomic E-state index is -3.68. The normalized spacial score (nSPS) is 15.7. The van der Waals surface area contributed by atoms with Crippen molar-refractivity contribution in [3.05, 3.63) is 47.3 Å². The van der Waals surface area contributed by atoms with E-state index >= 15 is 0 Å². The minimum absolute atomic E-state index is 0.125. The average molecular weight is 420 g/mol. The Labute approximate surface area is 170 Å². The molecule has 0 atom stereocenters. The van der Waals surface area contributed by atoms with E-state index in [4.69, 9.17) is 0 Å². The predicted octanol–water partition coefficient (Wildman–Crippen LogP) is 0.680. The second-order valence-corrected chi connectivity index (χ2v) is 8.83. The van der Waals surface area contributed by atoms with E-state index in [1.807, 2.05) is 6.07 Å². The first-order valence-corrected chi connectivity index (χ1v) is 10.9. The first-order chi connectivity index (χ1) is 13.8. The lowest BCUT2D eigenvalue weighted by molar-refractivity contribution is -0.129. The van der Waals surface area contributed by atoms with E-state index in [2.05, 4.69) is 15.5 Å². The zero-order chi connectivity index (χ0) is 21.0. The fraction of sp³-hybridized carbons (Fsp3) is 0.421. The van der Waals surface area contributed by atoms with Gasteiger partial charge in [-0.2, -0.15) is 9.40 Å². The second kappa shape index (κ2) is 8.75. The molecule has 0 aliphatic carbocycles. The van der Waals surface area contributed by atoms with Gasteiger partial charge in [-0.25, -0.2) is 8.42 Å². The molecule has 0 radical (unpaired) electrons. The summed E-state index contributed by atoms with van der Waals surface area (Å²) in [6.45, 7) is 4.44. The summed E-state index contributed by atoms with van der Waals surface area (Å²) in [7, 11) is -3.68. The number of aromatic nitrogens is 2.